The highest BCUT2D eigenvalue weighted by Gasteiger charge is 2.18. The van der Waals surface area contributed by atoms with Crippen LogP contribution < -0.4 is 10.3 Å². The first-order chi connectivity index (χ1) is 18.3. The third-order valence-corrected chi connectivity index (χ3v) is 5.58. The van der Waals surface area contributed by atoms with E-state index in [0.29, 0.717) is 11.3 Å². The van der Waals surface area contributed by atoms with Gasteiger partial charge in [-0.1, -0.05) is 23.7 Å². The SMILES string of the molecule is Cc1cc(Cc2ccc(Cl)c(Oc3cc(C#N)cc(C#N)c3)c2F)nn(COC(=O)c2ccccn2)c1=O.Cl. The molecule has 0 radical (unpaired) electrons. The maximum Gasteiger partial charge on any atom is 0.358 e. The molecule has 0 unspecified atom stereocenters. The van der Waals surface area contributed by atoms with Crippen molar-refractivity contribution in [2.45, 2.75) is 20.1 Å². The highest BCUT2D eigenvalue weighted by Crippen LogP contribution is 2.35. The van der Waals surface area contributed by atoms with E-state index in [-0.39, 0.29) is 57.7 Å². The number of esters is 1. The minimum absolute atomic E-state index is 0. The maximum absolute atomic E-state index is 15.5. The van der Waals surface area contributed by atoms with E-state index in [9.17, 15) is 20.1 Å². The minimum atomic E-state index is -0.780. The average Bonchev–Trinajstić information content (AvgIpc) is 2.93. The summed E-state index contributed by atoms with van der Waals surface area (Å²) in [6.07, 6.45) is 1.39. The molecule has 2 aromatic heterocycles. The lowest BCUT2D eigenvalue weighted by Gasteiger charge is -2.13. The van der Waals surface area contributed by atoms with Gasteiger partial charge in [-0.3, -0.25) is 4.79 Å². The van der Waals surface area contributed by atoms with Crippen molar-refractivity contribution in [3.63, 3.8) is 0 Å². The van der Waals surface area contributed by atoms with Gasteiger partial charge in [0.25, 0.3) is 5.56 Å². The summed E-state index contributed by atoms with van der Waals surface area (Å²) >= 11 is 6.18. The molecule has 0 bridgehead atoms. The highest BCUT2D eigenvalue weighted by molar-refractivity contribution is 6.32. The van der Waals surface area contributed by atoms with Gasteiger partial charge in [0.15, 0.2) is 18.3 Å². The quantitative estimate of drug-likeness (QED) is 0.283. The van der Waals surface area contributed by atoms with Gasteiger partial charge in [-0.25, -0.2) is 14.2 Å². The number of rotatable bonds is 7. The van der Waals surface area contributed by atoms with Crippen molar-refractivity contribution in [2.75, 3.05) is 0 Å². The molecule has 0 N–H and O–H groups in total. The fourth-order valence-electron chi connectivity index (χ4n) is 3.50. The van der Waals surface area contributed by atoms with Gasteiger partial charge in [-0.15, -0.1) is 12.4 Å². The summed E-state index contributed by atoms with van der Waals surface area (Å²) in [4.78, 5) is 28.6. The van der Waals surface area contributed by atoms with Crippen LogP contribution in [0.4, 0.5) is 4.39 Å². The number of nitrogens with zero attached hydrogens (tertiary/aromatic N) is 5. The maximum atomic E-state index is 15.5. The summed E-state index contributed by atoms with van der Waals surface area (Å²) in [5, 5.41) is 22.5. The van der Waals surface area contributed by atoms with E-state index < -0.39 is 24.1 Å². The number of aromatic nitrogens is 3. The summed E-state index contributed by atoms with van der Waals surface area (Å²) in [6.45, 7) is 1.10. The number of aryl methyl sites for hydroxylation is 1. The van der Waals surface area contributed by atoms with E-state index >= 15 is 4.39 Å². The molecule has 0 saturated heterocycles. The minimum Gasteiger partial charge on any atom is -0.453 e. The number of hydrogen-bond donors (Lipinski definition) is 0. The Balaban J connectivity index is 0.00000420. The molecule has 0 amide bonds. The lowest BCUT2D eigenvalue weighted by atomic mass is 10.1. The number of halogens is 3. The molecule has 2 heterocycles. The van der Waals surface area contributed by atoms with Crippen LogP contribution in [0.3, 0.4) is 0 Å². The van der Waals surface area contributed by atoms with Gasteiger partial charge < -0.3 is 9.47 Å². The fourth-order valence-corrected chi connectivity index (χ4v) is 3.68. The standard InChI is InChI=1S/C27H17ClFN5O4.ClH/c1-16-8-20(33-34(26(16)35)15-37-27(36)23-4-2-3-7-32-23)12-19-5-6-22(28)25(24(19)29)38-21-10-17(13-30)9-18(11-21)14-31;/h2-11H,12,15H2,1H3;1H. The van der Waals surface area contributed by atoms with Gasteiger partial charge in [0.1, 0.15) is 11.4 Å². The highest BCUT2D eigenvalue weighted by atomic mass is 35.5. The Labute approximate surface area is 233 Å². The number of benzene rings is 2. The van der Waals surface area contributed by atoms with E-state index in [1.165, 1.54) is 48.7 Å². The number of carbonyl (C=O) groups is 1. The van der Waals surface area contributed by atoms with Crippen molar-refractivity contribution < 1.29 is 18.7 Å². The average molecular weight is 566 g/mol. The monoisotopic (exact) mass is 565 g/mol. The molecule has 0 saturated carbocycles. The van der Waals surface area contributed by atoms with E-state index in [1.807, 2.05) is 12.1 Å². The molecule has 0 atom stereocenters. The number of hydrogen-bond acceptors (Lipinski definition) is 8. The summed E-state index contributed by atoms with van der Waals surface area (Å²) in [5.41, 5.74) is 0.715. The normalized spacial score (nSPS) is 10.1. The Morgan fingerprint density at radius 1 is 1.10 bits per heavy atom. The molecular weight excluding hydrogens is 548 g/mol. The first-order valence-electron chi connectivity index (χ1n) is 11.0. The van der Waals surface area contributed by atoms with Crippen LogP contribution in [-0.4, -0.2) is 20.7 Å². The fraction of sp³-hybridized carbons (Fsp3) is 0.111. The molecule has 9 nitrogen and oxygen atoms in total. The third kappa shape index (κ3) is 6.76. The molecular formula is C27H18Cl2FN5O4. The number of ether oxygens (including phenoxy) is 2. The van der Waals surface area contributed by atoms with Crippen molar-refractivity contribution in [1.29, 1.82) is 10.5 Å². The topological polar surface area (TPSA) is 131 Å². The van der Waals surface area contributed by atoms with Crippen LogP contribution in [0.1, 0.15) is 38.4 Å². The third-order valence-electron chi connectivity index (χ3n) is 5.28. The van der Waals surface area contributed by atoms with Gasteiger partial charge >= 0.3 is 5.97 Å². The van der Waals surface area contributed by atoms with Crippen molar-refractivity contribution in [3.05, 3.63) is 116 Å². The van der Waals surface area contributed by atoms with Gasteiger partial charge in [-0.2, -0.15) is 20.3 Å². The summed E-state index contributed by atoms with van der Waals surface area (Å²) < 4.78 is 27.2. The van der Waals surface area contributed by atoms with Gasteiger partial charge in [0.05, 0.1) is 34.0 Å². The summed E-state index contributed by atoms with van der Waals surface area (Å²) in [6, 6.07) is 17.1. The Bertz CT molecular complexity index is 1650. The van der Waals surface area contributed by atoms with Gasteiger partial charge in [0.2, 0.25) is 0 Å². The second-order valence-corrected chi connectivity index (χ2v) is 8.40. The van der Waals surface area contributed by atoms with Crippen LogP contribution in [-0.2, 0) is 17.9 Å². The molecule has 39 heavy (non-hydrogen) atoms. The zero-order chi connectivity index (χ0) is 27.2. The Morgan fingerprint density at radius 3 is 2.46 bits per heavy atom. The molecule has 0 aliphatic rings. The molecule has 2 aromatic carbocycles. The van der Waals surface area contributed by atoms with E-state index in [4.69, 9.17) is 21.1 Å². The summed E-state index contributed by atoms with van der Waals surface area (Å²) in [7, 11) is 0. The van der Waals surface area contributed by atoms with E-state index in [0.717, 1.165) is 4.68 Å². The molecule has 0 spiro atoms. The van der Waals surface area contributed by atoms with Crippen molar-refractivity contribution in [3.8, 4) is 23.6 Å². The second-order valence-electron chi connectivity index (χ2n) is 8.00. The van der Waals surface area contributed by atoms with Crippen molar-refractivity contribution >= 4 is 30.0 Å². The zero-order valence-corrected chi connectivity index (χ0v) is 21.8. The number of carbonyl (C=O) groups excluding carboxylic acids is 1. The van der Waals surface area contributed by atoms with Crippen LogP contribution in [0.2, 0.25) is 5.02 Å². The molecule has 12 heteroatoms. The largest absolute Gasteiger partial charge is 0.453 e. The van der Waals surface area contributed by atoms with Crippen LogP contribution >= 0.6 is 24.0 Å². The smallest absolute Gasteiger partial charge is 0.358 e. The molecule has 0 aliphatic carbocycles. The van der Waals surface area contributed by atoms with E-state index in [2.05, 4.69) is 10.1 Å². The van der Waals surface area contributed by atoms with Crippen molar-refractivity contribution in [1.82, 2.24) is 14.8 Å². The van der Waals surface area contributed by atoms with Crippen LogP contribution in [0.15, 0.2) is 65.6 Å². The lowest BCUT2D eigenvalue weighted by molar-refractivity contribution is 0.0331. The molecule has 0 aliphatic heterocycles. The predicted molar refractivity (Wildman–Crippen MR) is 140 cm³/mol. The van der Waals surface area contributed by atoms with Crippen LogP contribution in [0.25, 0.3) is 0 Å². The molecule has 4 rings (SSSR count). The number of nitriles is 2. The van der Waals surface area contributed by atoms with Crippen molar-refractivity contribution in [2.24, 2.45) is 0 Å². The first kappa shape index (κ1) is 28.8. The second kappa shape index (κ2) is 12.7. The molecule has 0 fully saturated rings. The molecule has 4 aromatic rings. The Morgan fingerprint density at radius 2 is 1.82 bits per heavy atom. The number of pyridine rings is 1. The first-order valence-corrected chi connectivity index (χ1v) is 11.4. The van der Waals surface area contributed by atoms with Crippen LogP contribution in [0.5, 0.6) is 11.5 Å². The van der Waals surface area contributed by atoms with Gasteiger partial charge in [0, 0.05) is 18.2 Å². The molecule has 196 valence electrons. The summed E-state index contributed by atoms with van der Waals surface area (Å²) in [5.74, 6) is -1.74. The van der Waals surface area contributed by atoms with E-state index in [1.54, 1.807) is 19.1 Å². The Hall–Kier alpha value is -4.77. The lowest BCUT2D eigenvalue weighted by Crippen LogP contribution is -2.28. The zero-order valence-electron chi connectivity index (χ0n) is 20.2. The Kier molecular flexibility index (Phi) is 9.34. The van der Waals surface area contributed by atoms with Gasteiger partial charge in [-0.05, 0) is 55.0 Å². The van der Waals surface area contributed by atoms with Crippen LogP contribution in [0, 0.1) is 35.4 Å². The predicted octanol–water partition coefficient (Wildman–Crippen LogP) is 5.10.